The maximum absolute atomic E-state index is 11.7. The van der Waals surface area contributed by atoms with E-state index in [9.17, 15) is 9.59 Å². The first-order valence-electron chi connectivity index (χ1n) is 6.80. The van der Waals surface area contributed by atoms with Crippen molar-refractivity contribution in [3.05, 3.63) is 60.2 Å². The molecular formula is C17H17NO3. The minimum atomic E-state index is -0.516. The van der Waals surface area contributed by atoms with Gasteiger partial charge >= 0.3 is 5.97 Å². The number of carbonyl (C=O) groups excluding carboxylic acids is 2. The number of hydrogen-bond acceptors (Lipinski definition) is 3. The maximum atomic E-state index is 11.7. The Bertz CT molecular complexity index is 671. The average Bonchev–Trinajstić information content (AvgIpc) is 2.51. The molecule has 0 aliphatic carbocycles. The van der Waals surface area contributed by atoms with E-state index < -0.39 is 5.97 Å². The van der Waals surface area contributed by atoms with E-state index in [4.69, 9.17) is 4.74 Å². The molecule has 0 heterocycles. The largest absolute Gasteiger partial charge is 0.463 e. The number of benzene rings is 2. The van der Waals surface area contributed by atoms with Gasteiger partial charge in [-0.05, 0) is 23.3 Å². The SMILES string of the molecule is CCOC(=O)/C=C/C(=O)NCc1cccc2ccccc12. The summed E-state index contributed by atoms with van der Waals surface area (Å²) in [5.74, 6) is -0.839. The Balaban J connectivity index is 1.99. The Labute approximate surface area is 123 Å². The van der Waals surface area contributed by atoms with Gasteiger partial charge in [0.1, 0.15) is 0 Å². The van der Waals surface area contributed by atoms with Crippen molar-refractivity contribution in [1.82, 2.24) is 5.32 Å². The molecule has 4 heteroatoms. The molecule has 1 amide bonds. The number of ether oxygens (including phenoxy) is 1. The van der Waals surface area contributed by atoms with Crippen LogP contribution in [0.25, 0.3) is 10.8 Å². The highest BCUT2D eigenvalue weighted by Gasteiger charge is 2.02. The first-order valence-corrected chi connectivity index (χ1v) is 6.80. The van der Waals surface area contributed by atoms with Crippen molar-refractivity contribution in [2.45, 2.75) is 13.5 Å². The van der Waals surface area contributed by atoms with Gasteiger partial charge in [-0.2, -0.15) is 0 Å². The first kappa shape index (κ1) is 14.8. The van der Waals surface area contributed by atoms with Crippen LogP contribution in [0.3, 0.4) is 0 Å². The van der Waals surface area contributed by atoms with E-state index in [2.05, 4.69) is 5.32 Å². The van der Waals surface area contributed by atoms with Crippen LogP contribution in [0.15, 0.2) is 54.6 Å². The number of nitrogens with one attached hydrogen (secondary N) is 1. The fourth-order valence-corrected chi connectivity index (χ4v) is 2.02. The molecule has 2 aromatic rings. The number of esters is 1. The van der Waals surface area contributed by atoms with Crippen molar-refractivity contribution in [2.75, 3.05) is 6.61 Å². The Morgan fingerprint density at radius 2 is 1.86 bits per heavy atom. The van der Waals surface area contributed by atoms with Gasteiger partial charge in [0, 0.05) is 18.7 Å². The smallest absolute Gasteiger partial charge is 0.330 e. The van der Waals surface area contributed by atoms with Crippen LogP contribution < -0.4 is 5.32 Å². The van der Waals surface area contributed by atoms with Crippen LogP contribution in [0.2, 0.25) is 0 Å². The third kappa shape index (κ3) is 4.18. The van der Waals surface area contributed by atoms with Crippen molar-refractivity contribution < 1.29 is 14.3 Å². The van der Waals surface area contributed by atoms with Crippen LogP contribution in [-0.4, -0.2) is 18.5 Å². The first-order chi connectivity index (χ1) is 10.2. The lowest BCUT2D eigenvalue weighted by Crippen LogP contribution is -2.20. The summed E-state index contributed by atoms with van der Waals surface area (Å²) in [6.07, 6.45) is 2.31. The Hall–Kier alpha value is -2.62. The van der Waals surface area contributed by atoms with Gasteiger partial charge in [-0.15, -0.1) is 0 Å². The quantitative estimate of drug-likeness (QED) is 0.678. The van der Waals surface area contributed by atoms with Crippen LogP contribution in [0, 0.1) is 0 Å². The van der Waals surface area contributed by atoms with Gasteiger partial charge in [0.25, 0.3) is 0 Å². The zero-order valence-corrected chi connectivity index (χ0v) is 11.8. The monoisotopic (exact) mass is 283 g/mol. The van der Waals surface area contributed by atoms with Gasteiger partial charge in [0.2, 0.25) is 5.91 Å². The lowest BCUT2D eigenvalue weighted by Gasteiger charge is -2.07. The molecule has 21 heavy (non-hydrogen) atoms. The maximum Gasteiger partial charge on any atom is 0.330 e. The lowest BCUT2D eigenvalue weighted by atomic mass is 10.0. The second-order valence-electron chi connectivity index (χ2n) is 4.44. The Kier molecular flexibility index (Phi) is 5.10. The number of fused-ring (bicyclic) bond motifs is 1. The Morgan fingerprint density at radius 3 is 2.67 bits per heavy atom. The van der Waals surface area contributed by atoms with Crippen LogP contribution in [-0.2, 0) is 20.9 Å². The van der Waals surface area contributed by atoms with Gasteiger partial charge < -0.3 is 10.1 Å². The minimum Gasteiger partial charge on any atom is -0.463 e. The van der Waals surface area contributed by atoms with E-state index in [1.165, 1.54) is 6.08 Å². The number of carbonyl (C=O) groups is 2. The molecule has 0 bridgehead atoms. The summed E-state index contributed by atoms with van der Waals surface area (Å²) >= 11 is 0. The van der Waals surface area contributed by atoms with Crippen molar-refractivity contribution >= 4 is 22.6 Å². The molecule has 0 atom stereocenters. The van der Waals surface area contributed by atoms with Gasteiger partial charge in [-0.25, -0.2) is 4.79 Å². The third-order valence-corrected chi connectivity index (χ3v) is 2.99. The highest BCUT2D eigenvalue weighted by molar-refractivity contribution is 5.94. The molecule has 0 radical (unpaired) electrons. The fraction of sp³-hybridized carbons (Fsp3) is 0.176. The lowest BCUT2D eigenvalue weighted by molar-refractivity contribution is -0.137. The second-order valence-corrected chi connectivity index (χ2v) is 4.44. The molecule has 0 saturated carbocycles. The van der Waals surface area contributed by atoms with Crippen molar-refractivity contribution in [3.63, 3.8) is 0 Å². The summed E-state index contributed by atoms with van der Waals surface area (Å²) in [6.45, 7) is 2.42. The van der Waals surface area contributed by atoms with Crippen molar-refractivity contribution in [2.24, 2.45) is 0 Å². The molecule has 108 valence electrons. The van der Waals surface area contributed by atoms with Crippen LogP contribution >= 0.6 is 0 Å². The van der Waals surface area contributed by atoms with Crippen LogP contribution in [0.5, 0.6) is 0 Å². The normalized spacial score (nSPS) is 10.7. The summed E-state index contributed by atoms with van der Waals surface area (Å²) in [4.78, 5) is 22.8. The van der Waals surface area contributed by atoms with Gasteiger partial charge in [-0.1, -0.05) is 42.5 Å². The van der Waals surface area contributed by atoms with E-state index in [0.29, 0.717) is 13.2 Å². The number of amides is 1. The van der Waals surface area contributed by atoms with Gasteiger partial charge in [0.05, 0.1) is 6.61 Å². The molecule has 2 rings (SSSR count). The van der Waals surface area contributed by atoms with Gasteiger partial charge in [0.15, 0.2) is 0 Å². The zero-order valence-electron chi connectivity index (χ0n) is 11.8. The molecule has 0 unspecified atom stereocenters. The second kappa shape index (κ2) is 7.24. The molecule has 0 saturated heterocycles. The van der Waals surface area contributed by atoms with E-state index in [1.807, 2.05) is 42.5 Å². The molecule has 2 aromatic carbocycles. The molecule has 4 nitrogen and oxygen atoms in total. The predicted molar refractivity (Wildman–Crippen MR) is 81.6 cm³/mol. The van der Waals surface area contributed by atoms with E-state index in [0.717, 1.165) is 22.4 Å². The topological polar surface area (TPSA) is 55.4 Å². The Morgan fingerprint density at radius 1 is 1.10 bits per heavy atom. The van der Waals surface area contributed by atoms with E-state index in [1.54, 1.807) is 6.92 Å². The summed E-state index contributed by atoms with van der Waals surface area (Å²) in [6, 6.07) is 13.9. The van der Waals surface area contributed by atoms with Crippen molar-refractivity contribution in [3.8, 4) is 0 Å². The van der Waals surface area contributed by atoms with Gasteiger partial charge in [-0.3, -0.25) is 4.79 Å². The molecule has 0 spiro atoms. The third-order valence-electron chi connectivity index (χ3n) is 2.99. The summed E-state index contributed by atoms with van der Waals surface area (Å²) in [7, 11) is 0. The highest BCUT2D eigenvalue weighted by Crippen LogP contribution is 2.18. The molecule has 0 fully saturated rings. The fourth-order valence-electron chi connectivity index (χ4n) is 2.02. The van der Waals surface area contributed by atoms with Crippen LogP contribution in [0.1, 0.15) is 12.5 Å². The highest BCUT2D eigenvalue weighted by atomic mass is 16.5. The molecular weight excluding hydrogens is 266 g/mol. The number of hydrogen-bond donors (Lipinski definition) is 1. The van der Waals surface area contributed by atoms with Crippen molar-refractivity contribution in [1.29, 1.82) is 0 Å². The summed E-state index contributed by atoms with van der Waals surface area (Å²) < 4.78 is 4.71. The zero-order chi connectivity index (χ0) is 15.1. The summed E-state index contributed by atoms with van der Waals surface area (Å²) in [5.41, 5.74) is 1.03. The number of rotatable bonds is 5. The molecule has 0 aromatic heterocycles. The minimum absolute atomic E-state index is 0.292. The van der Waals surface area contributed by atoms with E-state index >= 15 is 0 Å². The standard InChI is InChI=1S/C17H17NO3/c1-2-21-17(20)11-10-16(19)18-12-14-8-5-7-13-6-3-4-9-15(13)14/h3-11H,2,12H2,1H3,(H,18,19)/b11-10+. The predicted octanol–water partition coefficient (Wildman–Crippen LogP) is 2.58. The summed E-state index contributed by atoms with van der Waals surface area (Å²) in [5, 5.41) is 4.99. The molecule has 0 aliphatic heterocycles. The molecule has 0 aliphatic rings. The van der Waals surface area contributed by atoms with Crippen LogP contribution in [0.4, 0.5) is 0 Å². The van der Waals surface area contributed by atoms with E-state index in [-0.39, 0.29) is 5.91 Å². The average molecular weight is 283 g/mol. The molecule has 1 N–H and O–H groups in total.